The second kappa shape index (κ2) is 12.8. The molecule has 7 nitrogen and oxygen atoms in total. The Bertz CT molecular complexity index is 1820. The van der Waals surface area contributed by atoms with Gasteiger partial charge in [0.15, 0.2) is 0 Å². The van der Waals surface area contributed by atoms with Gasteiger partial charge in [0.25, 0.3) is 5.91 Å². The number of fused-ring (bicyclic) bond motifs is 3. The molecule has 0 radical (unpaired) electrons. The van der Waals surface area contributed by atoms with Crippen molar-refractivity contribution in [2.24, 2.45) is 0 Å². The van der Waals surface area contributed by atoms with Gasteiger partial charge in [0, 0.05) is 23.4 Å². The van der Waals surface area contributed by atoms with E-state index in [9.17, 15) is 22.8 Å². The number of alkyl halides is 3. The molecule has 2 heterocycles. The molecule has 1 aliphatic carbocycles. The molecular formula is C36H29F3N4O3. The van der Waals surface area contributed by atoms with E-state index in [-0.39, 0.29) is 18.9 Å². The zero-order valence-corrected chi connectivity index (χ0v) is 24.6. The van der Waals surface area contributed by atoms with E-state index >= 15 is 0 Å². The van der Waals surface area contributed by atoms with Gasteiger partial charge in [-0.1, -0.05) is 72.8 Å². The summed E-state index contributed by atoms with van der Waals surface area (Å²) < 4.78 is 45.2. The molecule has 0 atom stereocenters. The lowest BCUT2D eigenvalue weighted by molar-refractivity contribution is -0.141. The zero-order valence-electron chi connectivity index (χ0n) is 24.6. The number of carbonyl (C=O) groups excluding carboxylic acids is 2. The number of pyridine rings is 2. The summed E-state index contributed by atoms with van der Waals surface area (Å²) in [5.41, 5.74) is 3.97. The molecule has 1 aliphatic rings. The molecule has 0 fully saturated rings. The lowest BCUT2D eigenvalue weighted by atomic mass is 9.73. The standard InChI is InChI=1S/C36H29F3N4O3/c37-36(38,39)23-42-34(45)35(29-14-5-3-10-25(29)26-11-4-6-15-30(26)35)19-9-21-46-32-18-17-24(22-41-32)43-33(44)28-13-2-1-12-27(28)31-16-7-8-20-40-31/h1-8,10-18,20,22H,9,19,21,23H2,(H,42,45)(H,43,44). The van der Waals surface area contributed by atoms with E-state index in [0.717, 1.165) is 11.1 Å². The van der Waals surface area contributed by atoms with Crippen molar-refractivity contribution in [3.8, 4) is 28.3 Å². The van der Waals surface area contributed by atoms with Crippen molar-refractivity contribution in [2.75, 3.05) is 18.5 Å². The van der Waals surface area contributed by atoms with Crippen LogP contribution in [-0.2, 0) is 10.2 Å². The maximum absolute atomic E-state index is 13.6. The van der Waals surface area contributed by atoms with E-state index in [4.69, 9.17) is 4.74 Å². The molecule has 0 unspecified atom stereocenters. The van der Waals surface area contributed by atoms with Crippen LogP contribution in [0.5, 0.6) is 5.88 Å². The van der Waals surface area contributed by atoms with Crippen molar-refractivity contribution in [1.82, 2.24) is 15.3 Å². The molecule has 2 aromatic heterocycles. The molecule has 6 rings (SSSR count). The van der Waals surface area contributed by atoms with Crippen molar-refractivity contribution < 1.29 is 27.5 Å². The summed E-state index contributed by atoms with van der Waals surface area (Å²) in [5.74, 6) is -0.720. The van der Waals surface area contributed by atoms with Crippen molar-refractivity contribution in [1.29, 1.82) is 0 Å². The highest BCUT2D eigenvalue weighted by atomic mass is 19.4. The Morgan fingerprint density at radius 2 is 1.41 bits per heavy atom. The van der Waals surface area contributed by atoms with Gasteiger partial charge in [-0.15, -0.1) is 0 Å². The SMILES string of the molecule is O=C(Nc1ccc(OCCCC2(C(=O)NCC(F)(F)F)c3ccccc3-c3ccccc32)nc1)c1ccccc1-c1ccccn1. The first-order valence-corrected chi connectivity index (χ1v) is 14.7. The third kappa shape index (κ3) is 6.19. The first-order chi connectivity index (χ1) is 22.3. The van der Waals surface area contributed by atoms with Gasteiger partial charge in [0.1, 0.15) is 12.0 Å². The van der Waals surface area contributed by atoms with Crippen LogP contribution < -0.4 is 15.4 Å². The molecule has 2 N–H and O–H groups in total. The number of nitrogens with zero attached hydrogens (tertiary/aromatic N) is 2. The van der Waals surface area contributed by atoms with E-state index in [0.29, 0.717) is 45.9 Å². The molecule has 3 aromatic carbocycles. The van der Waals surface area contributed by atoms with Crippen LogP contribution in [0.3, 0.4) is 0 Å². The third-order valence-electron chi connectivity index (χ3n) is 7.95. The van der Waals surface area contributed by atoms with Crippen LogP contribution in [-0.4, -0.2) is 41.1 Å². The quantitative estimate of drug-likeness (QED) is 0.161. The summed E-state index contributed by atoms with van der Waals surface area (Å²) in [6, 6.07) is 30.6. The fraction of sp³-hybridized carbons (Fsp3) is 0.167. The first kappa shape index (κ1) is 30.5. The molecule has 46 heavy (non-hydrogen) atoms. The number of benzene rings is 3. The Morgan fingerprint density at radius 1 is 0.761 bits per heavy atom. The summed E-state index contributed by atoms with van der Waals surface area (Å²) >= 11 is 0. The van der Waals surface area contributed by atoms with Gasteiger partial charge in [-0.05, 0) is 59.4 Å². The maximum Gasteiger partial charge on any atom is 0.405 e. The number of anilines is 1. The summed E-state index contributed by atoms with van der Waals surface area (Å²) in [5, 5.41) is 4.99. The topological polar surface area (TPSA) is 93.2 Å². The zero-order chi connectivity index (χ0) is 32.1. The smallest absolute Gasteiger partial charge is 0.405 e. The predicted octanol–water partition coefficient (Wildman–Crippen LogP) is 7.20. The number of aromatic nitrogens is 2. The van der Waals surface area contributed by atoms with Gasteiger partial charge in [-0.3, -0.25) is 14.6 Å². The predicted molar refractivity (Wildman–Crippen MR) is 168 cm³/mol. The Labute approximate surface area is 263 Å². The molecule has 5 aromatic rings. The van der Waals surface area contributed by atoms with E-state index < -0.39 is 24.0 Å². The summed E-state index contributed by atoms with van der Waals surface area (Å²) in [4.78, 5) is 35.4. The first-order valence-electron chi connectivity index (χ1n) is 14.7. The highest BCUT2D eigenvalue weighted by molar-refractivity contribution is 6.08. The van der Waals surface area contributed by atoms with Crippen molar-refractivity contribution >= 4 is 17.5 Å². The second-order valence-electron chi connectivity index (χ2n) is 10.8. The van der Waals surface area contributed by atoms with Crippen molar-refractivity contribution in [2.45, 2.75) is 24.4 Å². The number of halogens is 3. The summed E-state index contributed by atoms with van der Waals surface area (Å²) in [7, 11) is 0. The monoisotopic (exact) mass is 622 g/mol. The number of carbonyl (C=O) groups is 2. The van der Waals surface area contributed by atoms with Crippen LogP contribution in [0.1, 0.15) is 34.3 Å². The van der Waals surface area contributed by atoms with Gasteiger partial charge in [0.2, 0.25) is 11.8 Å². The molecule has 10 heteroatoms. The van der Waals surface area contributed by atoms with E-state index in [2.05, 4.69) is 20.6 Å². The second-order valence-corrected chi connectivity index (χ2v) is 10.8. The number of hydrogen-bond acceptors (Lipinski definition) is 5. The summed E-state index contributed by atoms with van der Waals surface area (Å²) in [6.45, 7) is -1.26. The Balaban J connectivity index is 1.13. The molecule has 0 spiro atoms. The Kier molecular flexibility index (Phi) is 8.52. The van der Waals surface area contributed by atoms with E-state index in [1.165, 1.54) is 6.20 Å². The summed E-state index contributed by atoms with van der Waals surface area (Å²) in [6.07, 6.45) is -0.828. The van der Waals surface area contributed by atoms with Gasteiger partial charge in [-0.25, -0.2) is 4.98 Å². The van der Waals surface area contributed by atoms with Crippen LogP contribution in [0.2, 0.25) is 0 Å². The minimum Gasteiger partial charge on any atom is -0.478 e. The van der Waals surface area contributed by atoms with E-state index in [1.54, 1.807) is 54.7 Å². The molecule has 232 valence electrons. The molecule has 0 aliphatic heterocycles. The van der Waals surface area contributed by atoms with Crippen molar-refractivity contribution in [3.05, 3.63) is 132 Å². The molecule has 0 saturated heterocycles. The Morgan fingerprint density at radius 3 is 2.04 bits per heavy atom. The molecule has 2 amide bonds. The van der Waals surface area contributed by atoms with Crippen LogP contribution in [0, 0.1) is 0 Å². The third-order valence-corrected chi connectivity index (χ3v) is 7.95. The molecule has 0 saturated carbocycles. The Hall–Kier alpha value is -5.51. The molecule has 0 bridgehead atoms. The van der Waals surface area contributed by atoms with Crippen molar-refractivity contribution in [3.63, 3.8) is 0 Å². The van der Waals surface area contributed by atoms with Gasteiger partial charge < -0.3 is 15.4 Å². The average Bonchev–Trinajstić information content (AvgIpc) is 3.37. The minimum atomic E-state index is -4.54. The number of ether oxygens (including phenoxy) is 1. The van der Waals surface area contributed by atoms with Crippen LogP contribution in [0.4, 0.5) is 18.9 Å². The van der Waals surface area contributed by atoms with Gasteiger partial charge in [0.05, 0.1) is 24.2 Å². The highest BCUT2D eigenvalue weighted by Gasteiger charge is 2.49. The fourth-order valence-electron chi connectivity index (χ4n) is 5.96. The average molecular weight is 623 g/mol. The van der Waals surface area contributed by atoms with Gasteiger partial charge in [-0.2, -0.15) is 13.2 Å². The maximum atomic E-state index is 13.6. The van der Waals surface area contributed by atoms with Gasteiger partial charge >= 0.3 is 6.18 Å². The lowest BCUT2D eigenvalue weighted by Gasteiger charge is -2.31. The normalized spacial score (nSPS) is 12.9. The highest BCUT2D eigenvalue weighted by Crippen LogP contribution is 2.51. The largest absolute Gasteiger partial charge is 0.478 e. The van der Waals surface area contributed by atoms with Crippen LogP contribution in [0.25, 0.3) is 22.4 Å². The number of amides is 2. The lowest BCUT2D eigenvalue weighted by Crippen LogP contribution is -2.47. The number of hydrogen-bond donors (Lipinski definition) is 2. The van der Waals surface area contributed by atoms with Crippen LogP contribution >= 0.6 is 0 Å². The molecular weight excluding hydrogens is 593 g/mol. The number of rotatable bonds is 10. The van der Waals surface area contributed by atoms with Crippen LogP contribution in [0.15, 0.2) is 116 Å². The fourth-order valence-corrected chi connectivity index (χ4v) is 5.96. The number of nitrogens with one attached hydrogen (secondary N) is 2. The minimum absolute atomic E-state index is 0.161. The van der Waals surface area contributed by atoms with E-state index in [1.807, 2.05) is 54.6 Å².